The molecule has 0 amide bonds. The number of rotatable bonds is 3. The minimum atomic E-state index is -4.52. The topological polar surface area (TPSA) is 70.7 Å². The van der Waals surface area contributed by atoms with Crippen LogP contribution in [0, 0.1) is 13.8 Å². The van der Waals surface area contributed by atoms with E-state index in [2.05, 4.69) is 20.3 Å². The summed E-state index contributed by atoms with van der Waals surface area (Å²) in [6, 6.07) is 3.96. The predicted molar refractivity (Wildman–Crippen MR) is 70.9 cm³/mol. The maximum atomic E-state index is 12.7. The molecule has 0 unspecified atom stereocenters. The van der Waals surface area contributed by atoms with Crippen molar-refractivity contribution < 1.29 is 13.2 Å². The van der Waals surface area contributed by atoms with Crippen LogP contribution < -0.4 is 10.9 Å². The molecule has 0 aliphatic rings. The van der Waals surface area contributed by atoms with Crippen molar-refractivity contribution in [3.05, 3.63) is 51.2 Å². The Balaban J connectivity index is 2.20. The number of pyridine rings is 1. The van der Waals surface area contributed by atoms with Gasteiger partial charge in [0.05, 0.1) is 0 Å². The van der Waals surface area contributed by atoms with E-state index >= 15 is 0 Å². The Morgan fingerprint density at radius 1 is 1.19 bits per heavy atom. The van der Waals surface area contributed by atoms with Gasteiger partial charge in [-0.15, -0.1) is 0 Å². The number of anilines is 1. The van der Waals surface area contributed by atoms with E-state index in [4.69, 9.17) is 0 Å². The molecule has 0 spiro atoms. The molecule has 5 nitrogen and oxygen atoms in total. The molecule has 8 heteroatoms. The number of nitrogens with zero attached hydrogens (tertiary/aromatic N) is 2. The van der Waals surface area contributed by atoms with Crippen LogP contribution in [0.5, 0.6) is 0 Å². The third kappa shape index (κ3) is 4.04. The van der Waals surface area contributed by atoms with Gasteiger partial charge >= 0.3 is 6.18 Å². The molecule has 2 N–H and O–H groups in total. The number of H-pyrrole nitrogens is 1. The van der Waals surface area contributed by atoms with E-state index in [1.807, 2.05) is 0 Å². The van der Waals surface area contributed by atoms with Crippen molar-refractivity contribution >= 4 is 5.95 Å². The molecule has 2 aromatic heterocycles. The fourth-order valence-electron chi connectivity index (χ4n) is 1.83. The predicted octanol–water partition coefficient (Wildman–Crippen LogP) is 2.41. The summed E-state index contributed by atoms with van der Waals surface area (Å²) in [6.45, 7) is 3.33. The minimum absolute atomic E-state index is 0.125. The standard InChI is InChI=1S/C13H13F3N4O/c1-7-3-9(5-11(21)18-7)6-17-12-19-8(2)4-10(20-12)13(14,15)16/h3-5H,6H2,1-2H3,(H,18,21)(H,17,19,20). The number of aromatic amines is 1. The molecule has 0 aliphatic heterocycles. The lowest BCUT2D eigenvalue weighted by atomic mass is 10.2. The Labute approximate surface area is 118 Å². The number of hydrogen-bond donors (Lipinski definition) is 2. The van der Waals surface area contributed by atoms with Crippen LogP contribution in [0.1, 0.15) is 22.6 Å². The van der Waals surface area contributed by atoms with Crippen LogP contribution in [0.15, 0.2) is 23.0 Å². The van der Waals surface area contributed by atoms with Gasteiger partial charge in [-0.2, -0.15) is 13.2 Å². The zero-order valence-corrected chi connectivity index (χ0v) is 11.4. The van der Waals surface area contributed by atoms with Crippen molar-refractivity contribution in [1.82, 2.24) is 15.0 Å². The van der Waals surface area contributed by atoms with Crippen LogP contribution in [-0.4, -0.2) is 15.0 Å². The molecule has 2 aromatic rings. The number of aryl methyl sites for hydroxylation is 2. The molecular weight excluding hydrogens is 285 g/mol. The maximum Gasteiger partial charge on any atom is 0.433 e. The summed E-state index contributed by atoms with van der Waals surface area (Å²) in [6.07, 6.45) is -4.52. The van der Waals surface area contributed by atoms with Gasteiger partial charge in [0.1, 0.15) is 5.69 Å². The third-order valence-electron chi connectivity index (χ3n) is 2.63. The van der Waals surface area contributed by atoms with Gasteiger partial charge in [0.2, 0.25) is 11.5 Å². The van der Waals surface area contributed by atoms with Gasteiger partial charge in [-0.1, -0.05) is 0 Å². The smallest absolute Gasteiger partial charge is 0.350 e. The Hall–Kier alpha value is -2.38. The van der Waals surface area contributed by atoms with Gasteiger partial charge in [0.15, 0.2) is 0 Å². The van der Waals surface area contributed by atoms with Crippen molar-refractivity contribution in [1.29, 1.82) is 0 Å². The number of hydrogen-bond acceptors (Lipinski definition) is 4. The quantitative estimate of drug-likeness (QED) is 0.913. The Morgan fingerprint density at radius 2 is 1.90 bits per heavy atom. The van der Waals surface area contributed by atoms with Crippen LogP contribution in [0.25, 0.3) is 0 Å². The van der Waals surface area contributed by atoms with E-state index in [9.17, 15) is 18.0 Å². The van der Waals surface area contributed by atoms with Crippen LogP contribution in [0.2, 0.25) is 0 Å². The van der Waals surface area contributed by atoms with Crippen LogP contribution >= 0.6 is 0 Å². The van der Waals surface area contributed by atoms with E-state index in [1.54, 1.807) is 13.0 Å². The summed E-state index contributed by atoms with van der Waals surface area (Å²) < 4.78 is 38.0. The third-order valence-corrected chi connectivity index (χ3v) is 2.63. The van der Waals surface area contributed by atoms with Gasteiger partial charge < -0.3 is 10.3 Å². The average molecular weight is 298 g/mol. The first-order valence-electron chi connectivity index (χ1n) is 6.10. The first-order chi connectivity index (χ1) is 9.74. The zero-order valence-electron chi connectivity index (χ0n) is 11.4. The SMILES string of the molecule is Cc1cc(C(F)(F)F)nc(NCc2cc(C)[nH]c(=O)c2)n1. The number of nitrogens with one attached hydrogen (secondary N) is 2. The maximum absolute atomic E-state index is 12.7. The number of alkyl halides is 3. The van der Waals surface area contributed by atoms with E-state index < -0.39 is 11.9 Å². The van der Waals surface area contributed by atoms with Crippen LogP contribution in [-0.2, 0) is 12.7 Å². The highest BCUT2D eigenvalue weighted by atomic mass is 19.4. The summed E-state index contributed by atoms with van der Waals surface area (Å²) in [7, 11) is 0. The fraction of sp³-hybridized carbons (Fsp3) is 0.308. The van der Waals surface area contributed by atoms with Gasteiger partial charge in [-0.3, -0.25) is 4.79 Å². The molecule has 112 valence electrons. The largest absolute Gasteiger partial charge is 0.433 e. The molecule has 21 heavy (non-hydrogen) atoms. The number of aromatic nitrogens is 3. The zero-order chi connectivity index (χ0) is 15.6. The van der Waals surface area contributed by atoms with E-state index in [0.717, 1.165) is 6.07 Å². The minimum Gasteiger partial charge on any atom is -0.350 e. The molecule has 2 rings (SSSR count). The van der Waals surface area contributed by atoms with E-state index in [0.29, 0.717) is 11.3 Å². The first-order valence-corrected chi connectivity index (χ1v) is 6.10. The Kier molecular flexibility index (Phi) is 3.97. The lowest BCUT2D eigenvalue weighted by Gasteiger charge is -2.10. The van der Waals surface area contributed by atoms with E-state index in [-0.39, 0.29) is 23.7 Å². The average Bonchev–Trinajstić information content (AvgIpc) is 2.33. The molecule has 0 atom stereocenters. The summed E-state index contributed by atoms with van der Waals surface area (Å²) in [4.78, 5) is 21.2. The van der Waals surface area contributed by atoms with E-state index in [1.165, 1.54) is 13.0 Å². The molecule has 0 fully saturated rings. The molecule has 0 radical (unpaired) electrons. The Bertz CT molecular complexity index is 709. The highest BCUT2D eigenvalue weighted by Crippen LogP contribution is 2.28. The summed E-state index contributed by atoms with van der Waals surface area (Å²) in [5.41, 5.74) is 0.241. The second-order valence-electron chi connectivity index (χ2n) is 4.61. The second kappa shape index (κ2) is 5.55. The van der Waals surface area contributed by atoms with Gasteiger partial charge in [-0.05, 0) is 31.5 Å². The molecule has 2 heterocycles. The number of halogens is 3. The highest BCUT2D eigenvalue weighted by Gasteiger charge is 2.33. The van der Waals surface area contributed by atoms with Gasteiger partial charge in [-0.25, -0.2) is 9.97 Å². The second-order valence-corrected chi connectivity index (χ2v) is 4.61. The van der Waals surface area contributed by atoms with Crippen LogP contribution in [0.3, 0.4) is 0 Å². The lowest BCUT2D eigenvalue weighted by molar-refractivity contribution is -0.141. The Morgan fingerprint density at radius 3 is 2.52 bits per heavy atom. The van der Waals surface area contributed by atoms with Crippen molar-refractivity contribution in [2.75, 3.05) is 5.32 Å². The fourth-order valence-corrected chi connectivity index (χ4v) is 1.83. The molecule has 0 saturated heterocycles. The molecular formula is C13H13F3N4O. The molecule has 0 saturated carbocycles. The molecule has 0 aromatic carbocycles. The summed E-state index contributed by atoms with van der Waals surface area (Å²) in [5.74, 6) is -0.125. The van der Waals surface area contributed by atoms with Crippen molar-refractivity contribution in [2.45, 2.75) is 26.6 Å². The summed E-state index contributed by atoms with van der Waals surface area (Å²) >= 11 is 0. The molecule has 0 bridgehead atoms. The van der Waals surface area contributed by atoms with Crippen molar-refractivity contribution in [2.24, 2.45) is 0 Å². The summed E-state index contributed by atoms with van der Waals surface area (Å²) in [5, 5.41) is 2.69. The highest BCUT2D eigenvalue weighted by molar-refractivity contribution is 5.31. The normalized spacial score (nSPS) is 11.5. The lowest BCUT2D eigenvalue weighted by Crippen LogP contribution is -2.14. The van der Waals surface area contributed by atoms with Crippen LogP contribution in [0.4, 0.5) is 19.1 Å². The van der Waals surface area contributed by atoms with Crippen molar-refractivity contribution in [3.63, 3.8) is 0 Å². The monoisotopic (exact) mass is 298 g/mol. The molecule has 0 aliphatic carbocycles. The first kappa shape index (κ1) is 15.0. The van der Waals surface area contributed by atoms with Crippen molar-refractivity contribution in [3.8, 4) is 0 Å². The van der Waals surface area contributed by atoms with Gasteiger partial charge in [0, 0.05) is 24.0 Å². The van der Waals surface area contributed by atoms with Gasteiger partial charge in [0.25, 0.3) is 0 Å².